The first-order chi connectivity index (χ1) is 15.0. The van der Waals surface area contributed by atoms with E-state index in [0.717, 1.165) is 17.6 Å². The average Bonchev–Trinajstić information content (AvgIpc) is 2.93. The zero-order chi connectivity index (χ0) is 22.2. The number of nitrogens with two attached hydrogens (primary N) is 1. The maximum Gasteiger partial charge on any atom is 0.253 e. The maximum absolute atomic E-state index is 12.8. The molecule has 3 N–H and O–H groups in total. The number of allylic oxidation sites excluding steroid dienone is 1. The number of benzene rings is 2. The van der Waals surface area contributed by atoms with E-state index in [2.05, 4.69) is 12.2 Å². The Morgan fingerprint density at radius 3 is 2.61 bits per heavy atom. The van der Waals surface area contributed by atoms with Gasteiger partial charge in [0.15, 0.2) is 0 Å². The number of amides is 1. The molecule has 31 heavy (non-hydrogen) atoms. The monoisotopic (exact) mass is 438 g/mol. The number of carbonyl (C=O) groups excluding carboxylic acids is 1. The number of nitrogens with one attached hydrogen (secondary N) is 1. The number of hydrogen-bond donors (Lipinski definition) is 2. The molecule has 0 fully saturated rings. The number of methoxy groups -OCH3 is 1. The van der Waals surface area contributed by atoms with Gasteiger partial charge in [-0.05, 0) is 60.0 Å². The molecule has 2 aromatic carbocycles. The SMILES string of the molecule is CCC1=C(COC)C=CC(C(=O)NCc2cccc(Oc3ccc(Cl)cc3)c2)=C(N)C1. The van der Waals surface area contributed by atoms with Gasteiger partial charge in [0.2, 0.25) is 0 Å². The molecule has 0 bridgehead atoms. The molecule has 3 rings (SSSR count). The third kappa shape index (κ3) is 6.23. The molecule has 2 aromatic rings. The molecule has 0 unspecified atom stereocenters. The highest BCUT2D eigenvalue weighted by molar-refractivity contribution is 6.30. The Hall–Kier alpha value is -3.02. The van der Waals surface area contributed by atoms with Gasteiger partial charge in [-0.15, -0.1) is 0 Å². The summed E-state index contributed by atoms with van der Waals surface area (Å²) in [4.78, 5) is 12.8. The molecule has 0 aromatic heterocycles. The van der Waals surface area contributed by atoms with Gasteiger partial charge in [0, 0.05) is 30.8 Å². The topological polar surface area (TPSA) is 73.6 Å². The Kier molecular flexibility index (Phi) is 7.93. The minimum atomic E-state index is -0.202. The number of rotatable bonds is 8. The van der Waals surface area contributed by atoms with Crippen LogP contribution in [-0.2, 0) is 16.1 Å². The van der Waals surface area contributed by atoms with Crippen LogP contribution in [-0.4, -0.2) is 19.6 Å². The molecule has 162 valence electrons. The van der Waals surface area contributed by atoms with Crippen molar-refractivity contribution in [3.05, 3.63) is 93.7 Å². The van der Waals surface area contributed by atoms with Crippen LogP contribution in [0.5, 0.6) is 11.5 Å². The van der Waals surface area contributed by atoms with Crippen LogP contribution in [0.25, 0.3) is 0 Å². The van der Waals surface area contributed by atoms with Gasteiger partial charge in [0.05, 0.1) is 12.2 Å². The van der Waals surface area contributed by atoms with Crippen molar-refractivity contribution in [1.29, 1.82) is 0 Å². The van der Waals surface area contributed by atoms with E-state index in [0.29, 0.717) is 47.4 Å². The standard InChI is InChI=1S/C25H27ClN2O3/c1-3-18-14-24(27)23(12-7-19(18)16-30-2)25(29)28-15-17-5-4-6-22(13-17)31-21-10-8-20(26)9-11-21/h4-13H,3,14-16,27H2,1-2H3,(H,28,29). The molecule has 0 spiro atoms. The third-order valence-corrected chi connectivity index (χ3v) is 5.28. The van der Waals surface area contributed by atoms with E-state index in [4.69, 9.17) is 26.8 Å². The van der Waals surface area contributed by atoms with Crippen LogP contribution in [0, 0.1) is 0 Å². The normalized spacial score (nSPS) is 13.9. The van der Waals surface area contributed by atoms with Crippen LogP contribution in [0.3, 0.4) is 0 Å². The third-order valence-electron chi connectivity index (χ3n) is 5.03. The molecule has 6 heteroatoms. The zero-order valence-corrected chi connectivity index (χ0v) is 18.5. The minimum absolute atomic E-state index is 0.202. The smallest absolute Gasteiger partial charge is 0.253 e. The van der Waals surface area contributed by atoms with E-state index in [1.807, 2.05) is 30.3 Å². The predicted octanol–water partition coefficient (Wildman–Crippen LogP) is 5.27. The minimum Gasteiger partial charge on any atom is -0.457 e. The second-order valence-corrected chi connectivity index (χ2v) is 7.69. The lowest BCUT2D eigenvalue weighted by molar-refractivity contribution is -0.117. The summed E-state index contributed by atoms with van der Waals surface area (Å²) in [5.74, 6) is 1.17. The van der Waals surface area contributed by atoms with Crippen molar-refractivity contribution < 1.29 is 14.3 Å². The lowest BCUT2D eigenvalue weighted by Gasteiger charge is -2.11. The molecule has 1 amide bonds. The Bertz CT molecular complexity index is 1020. The van der Waals surface area contributed by atoms with E-state index in [1.54, 1.807) is 37.5 Å². The van der Waals surface area contributed by atoms with Gasteiger partial charge in [-0.3, -0.25) is 4.79 Å². The van der Waals surface area contributed by atoms with Crippen molar-refractivity contribution in [2.45, 2.75) is 26.3 Å². The number of halogens is 1. The zero-order valence-electron chi connectivity index (χ0n) is 17.8. The molecule has 0 atom stereocenters. The van der Waals surface area contributed by atoms with Crippen molar-refractivity contribution in [2.24, 2.45) is 5.73 Å². The van der Waals surface area contributed by atoms with E-state index in [1.165, 1.54) is 5.57 Å². The highest BCUT2D eigenvalue weighted by Crippen LogP contribution is 2.25. The second-order valence-electron chi connectivity index (χ2n) is 7.25. The quantitative estimate of drug-likeness (QED) is 0.588. The summed E-state index contributed by atoms with van der Waals surface area (Å²) in [5, 5.41) is 3.61. The average molecular weight is 439 g/mol. The van der Waals surface area contributed by atoms with Crippen molar-refractivity contribution in [3.8, 4) is 11.5 Å². The van der Waals surface area contributed by atoms with Crippen molar-refractivity contribution >= 4 is 17.5 Å². The van der Waals surface area contributed by atoms with E-state index in [-0.39, 0.29) is 5.91 Å². The van der Waals surface area contributed by atoms with Gasteiger partial charge in [0.1, 0.15) is 11.5 Å². The van der Waals surface area contributed by atoms with E-state index >= 15 is 0 Å². The second kappa shape index (κ2) is 10.8. The largest absolute Gasteiger partial charge is 0.457 e. The molecule has 0 radical (unpaired) electrons. The van der Waals surface area contributed by atoms with Crippen LogP contribution >= 0.6 is 11.6 Å². The summed E-state index contributed by atoms with van der Waals surface area (Å²) in [7, 11) is 1.66. The highest BCUT2D eigenvalue weighted by Gasteiger charge is 2.16. The van der Waals surface area contributed by atoms with Gasteiger partial charge in [0.25, 0.3) is 5.91 Å². The Morgan fingerprint density at radius 2 is 1.90 bits per heavy atom. The number of ether oxygens (including phenoxy) is 2. The van der Waals surface area contributed by atoms with Crippen LogP contribution < -0.4 is 15.8 Å². The summed E-state index contributed by atoms with van der Waals surface area (Å²) in [5.41, 5.74) is 10.5. The van der Waals surface area contributed by atoms with Crippen molar-refractivity contribution in [3.63, 3.8) is 0 Å². The highest BCUT2D eigenvalue weighted by atomic mass is 35.5. The van der Waals surface area contributed by atoms with Crippen LogP contribution in [0.4, 0.5) is 0 Å². The first-order valence-corrected chi connectivity index (χ1v) is 10.5. The molecule has 0 aliphatic heterocycles. The summed E-state index contributed by atoms with van der Waals surface area (Å²) < 4.78 is 11.1. The van der Waals surface area contributed by atoms with Gasteiger partial charge in [-0.25, -0.2) is 0 Å². The van der Waals surface area contributed by atoms with Crippen LogP contribution in [0.1, 0.15) is 25.3 Å². The molecule has 1 aliphatic carbocycles. The molecule has 5 nitrogen and oxygen atoms in total. The first kappa shape index (κ1) is 22.7. The molecular formula is C25H27ClN2O3. The Labute approximate surface area is 188 Å². The lowest BCUT2D eigenvalue weighted by Crippen LogP contribution is -2.26. The fourth-order valence-electron chi connectivity index (χ4n) is 3.36. The van der Waals surface area contributed by atoms with Gasteiger partial charge >= 0.3 is 0 Å². The Balaban J connectivity index is 1.65. The van der Waals surface area contributed by atoms with Gasteiger partial charge in [-0.2, -0.15) is 0 Å². The Morgan fingerprint density at radius 1 is 1.13 bits per heavy atom. The fraction of sp³-hybridized carbons (Fsp3) is 0.240. The molecule has 0 heterocycles. The molecular weight excluding hydrogens is 412 g/mol. The van der Waals surface area contributed by atoms with Crippen molar-refractivity contribution in [1.82, 2.24) is 5.32 Å². The molecule has 0 saturated heterocycles. The summed E-state index contributed by atoms with van der Waals surface area (Å²) in [6, 6.07) is 14.7. The first-order valence-electron chi connectivity index (χ1n) is 10.2. The van der Waals surface area contributed by atoms with Crippen molar-refractivity contribution in [2.75, 3.05) is 13.7 Å². The summed E-state index contributed by atoms with van der Waals surface area (Å²) >= 11 is 5.91. The maximum atomic E-state index is 12.8. The lowest BCUT2D eigenvalue weighted by atomic mass is 10.0. The molecule has 0 saturated carbocycles. The predicted molar refractivity (Wildman–Crippen MR) is 124 cm³/mol. The fourth-order valence-corrected chi connectivity index (χ4v) is 3.49. The van der Waals surface area contributed by atoms with E-state index < -0.39 is 0 Å². The summed E-state index contributed by atoms with van der Waals surface area (Å²) in [6.07, 6.45) is 5.13. The molecule has 1 aliphatic rings. The number of carbonyl (C=O) groups is 1. The van der Waals surface area contributed by atoms with E-state index in [9.17, 15) is 4.79 Å². The van der Waals surface area contributed by atoms with Gasteiger partial charge in [-0.1, -0.05) is 42.3 Å². The number of hydrogen-bond acceptors (Lipinski definition) is 4. The van der Waals surface area contributed by atoms with Crippen LogP contribution in [0.2, 0.25) is 5.02 Å². The summed E-state index contributed by atoms with van der Waals surface area (Å²) in [6.45, 7) is 2.94. The van der Waals surface area contributed by atoms with Crippen LogP contribution in [0.15, 0.2) is 83.1 Å². The van der Waals surface area contributed by atoms with Gasteiger partial charge < -0.3 is 20.5 Å².